The molecular weight excluding hydrogens is 426 g/mol. The maximum Gasteiger partial charge on any atom is 0.318 e. The summed E-state index contributed by atoms with van der Waals surface area (Å²) in [6, 6.07) is 14.8. The Morgan fingerprint density at radius 3 is 2.47 bits per heavy atom. The van der Waals surface area contributed by atoms with Crippen LogP contribution in [0.3, 0.4) is 0 Å². The summed E-state index contributed by atoms with van der Waals surface area (Å²) in [5.74, 6) is 0.564. The molecule has 3 rings (SSSR count). The van der Waals surface area contributed by atoms with E-state index in [2.05, 4.69) is 19.2 Å². The van der Waals surface area contributed by atoms with Crippen molar-refractivity contribution in [3.05, 3.63) is 70.3 Å². The lowest BCUT2D eigenvalue weighted by molar-refractivity contribution is 0.168. The first-order chi connectivity index (χ1) is 16.4. The molecule has 7 nitrogen and oxygen atoms in total. The van der Waals surface area contributed by atoms with Crippen LogP contribution in [0.15, 0.2) is 53.3 Å². The van der Waals surface area contributed by atoms with Crippen LogP contribution >= 0.6 is 0 Å². The lowest BCUT2D eigenvalue weighted by atomic mass is 10.1. The summed E-state index contributed by atoms with van der Waals surface area (Å²) in [5, 5.41) is 3.61. The van der Waals surface area contributed by atoms with Crippen LogP contribution in [0.2, 0.25) is 0 Å². The Morgan fingerprint density at radius 2 is 1.76 bits per heavy atom. The Hall–Kier alpha value is -3.19. The summed E-state index contributed by atoms with van der Waals surface area (Å²) in [6.45, 7) is 7.97. The van der Waals surface area contributed by atoms with Crippen LogP contribution < -0.4 is 10.9 Å². The van der Waals surface area contributed by atoms with Crippen molar-refractivity contribution in [2.24, 2.45) is 0 Å². The molecule has 1 N–H and O–H groups in total. The highest BCUT2D eigenvalue weighted by Crippen LogP contribution is 2.24. The maximum atomic E-state index is 13.8. The van der Waals surface area contributed by atoms with Crippen molar-refractivity contribution >= 4 is 16.9 Å². The molecule has 1 unspecified atom stereocenters. The van der Waals surface area contributed by atoms with Crippen LogP contribution in [0.1, 0.15) is 51.0 Å². The Morgan fingerprint density at radius 1 is 1.06 bits per heavy atom. The fourth-order valence-electron chi connectivity index (χ4n) is 4.08. The van der Waals surface area contributed by atoms with E-state index in [0.717, 1.165) is 30.5 Å². The monoisotopic (exact) mass is 463 g/mol. The van der Waals surface area contributed by atoms with Crippen molar-refractivity contribution < 1.29 is 4.79 Å². The van der Waals surface area contributed by atoms with Crippen LogP contribution in [-0.4, -0.2) is 59.1 Å². The highest BCUT2D eigenvalue weighted by atomic mass is 16.2. The molecule has 0 fully saturated rings. The van der Waals surface area contributed by atoms with E-state index >= 15 is 0 Å². The van der Waals surface area contributed by atoms with Crippen molar-refractivity contribution in [2.45, 2.75) is 46.1 Å². The van der Waals surface area contributed by atoms with E-state index in [1.165, 1.54) is 0 Å². The van der Waals surface area contributed by atoms with Gasteiger partial charge in [0.05, 0.1) is 22.6 Å². The van der Waals surface area contributed by atoms with E-state index in [1.54, 1.807) is 9.47 Å². The minimum absolute atomic E-state index is 0.118. The lowest BCUT2D eigenvalue weighted by Crippen LogP contribution is -2.46. The second kappa shape index (κ2) is 11.8. The highest BCUT2D eigenvalue weighted by molar-refractivity contribution is 5.78. The van der Waals surface area contributed by atoms with Crippen molar-refractivity contribution in [1.29, 1.82) is 0 Å². The standard InChI is InChI=1S/C27H37N5O2/c1-6-8-17-28-27(34)31(19-18-30(4)5)20(3)25-29-23-15-11-10-14-22(23)26(33)32(25)24-16-12-9-13-21(24)7-2/h9-16,20H,6-8,17-19H2,1-5H3,(H,28,34). The molecule has 2 aromatic carbocycles. The number of urea groups is 1. The average molecular weight is 464 g/mol. The van der Waals surface area contributed by atoms with E-state index in [1.807, 2.05) is 74.4 Å². The SMILES string of the molecule is CCCCNC(=O)N(CCN(C)C)C(C)c1nc2ccccc2c(=O)n1-c1ccccc1CC. The fourth-order valence-corrected chi connectivity index (χ4v) is 4.08. The summed E-state index contributed by atoms with van der Waals surface area (Å²) in [7, 11) is 3.97. The molecule has 1 aromatic heterocycles. The number of hydrogen-bond donors (Lipinski definition) is 1. The van der Waals surface area contributed by atoms with Crippen LogP contribution in [0.5, 0.6) is 0 Å². The number of fused-ring (bicyclic) bond motifs is 1. The number of benzene rings is 2. The van der Waals surface area contributed by atoms with Gasteiger partial charge < -0.3 is 15.1 Å². The minimum atomic E-state index is -0.413. The van der Waals surface area contributed by atoms with Gasteiger partial charge in [-0.25, -0.2) is 9.78 Å². The van der Waals surface area contributed by atoms with Crippen molar-refractivity contribution in [2.75, 3.05) is 33.7 Å². The van der Waals surface area contributed by atoms with Crippen LogP contribution in [-0.2, 0) is 6.42 Å². The van der Waals surface area contributed by atoms with E-state index in [-0.39, 0.29) is 11.6 Å². The Bertz CT molecular complexity index is 1170. The van der Waals surface area contributed by atoms with E-state index in [4.69, 9.17) is 4.98 Å². The number of nitrogens with one attached hydrogen (secondary N) is 1. The van der Waals surface area contributed by atoms with Crippen LogP contribution in [0, 0.1) is 0 Å². The molecule has 0 radical (unpaired) electrons. The van der Waals surface area contributed by atoms with Crippen LogP contribution in [0.25, 0.3) is 16.6 Å². The molecule has 1 atom stereocenters. The number of carbonyl (C=O) groups excluding carboxylic acids is 1. The van der Waals surface area contributed by atoms with E-state index in [0.29, 0.717) is 36.4 Å². The Balaban J connectivity index is 2.18. The fraction of sp³-hybridized carbons (Fsp3) is 0.444. The number of nitrogens with zero attached hydrogens (tertiary/aromatic N) is 4. The van der Waals surface area contributed by atoms with Gasteiger partial charge in [0.15, 0.2) is 0 Å². The predicted molar refractivity (Wildman–Crippen MR) is 139 cm³/mol. The van der Waals surface area contributed by atoms with Gasteiger partial charge in [-0.2, -0.15) is 0 Å². The number of hydrogen-bond acceptors (Lipinski definition) is 4. The van der Waals surface area contributed by atoms with Gasteiger partial charge in [0, 0.05) is 19.6 Å². The first-order valence-electron chi connectivity index (χ1n) is 12.2. The van der Waals surface area contributed by atoms with Gasteiger partial charge in [0.1, 0.15) is 5.82 Å². The topological polar surface area (TPSA) is 70.5 Å². The smallest absolute Gasteiger partial charge is 0.318 e. The lowest BCUT2D eigenvalue weighted by Gasteiger charge is -2.31. The van der Waals surface area contributed by atoms with Gasteiger partial charge in [0.25, 0.3) is 5.56 Å². The van der Waals surface area contributed by atoms with Gasteiger partial charge in [-0.1, -0.05) is 50.6 Å². The first-order valence-corrected chi connectivity index (χ1v) is 12.2. The predicted octanol–water partition coefficient (Wildman–Crippen LogP) is 4.38. The molecule has 7 heteroatoms. The largest absolute Gasteiger partial charge is 0.338 e. The third-order valence-corrected chi connectivity index (χ3v) is 6.11. The molecule has 0 aliphatic rings. The average Bonchev–Trinajstić information content (AvgIpc) is 2.84. The molecule has 0 aliphatic heterocycles. The quantitative estimate of drug-likeness (QED) is 0.453. The Labute approximate surface area is 202 Å². The van der Waals surface area contributed by atoms with Gasteiger partial charge in [-0.3, -0.25) is 9.36 Å². The molecule has 0 saturated carbocycles. The van der Waals surface area contributed by atoms with Gasteiger partial charge in [-0.05, 0) is 57.6 Å². The Kier molecular flexibility index (Phi) is 8.82. The second-order valence-electron chi connectivity index (χ2n) is 8.87. The number of para-hydroxylation sites is 2. The third kappa shape index (κ3) is 5.65. The molecule has 182 valence electrons. The molecule has 1 heterocycles. The molecular formula is C27H37N5O2. The number of aromatic nitrogens is 2. The zero-order valence-corrected chi connectivity index (χ0v) is 21.0. The molecule has 3 aromatic rings. The number of aryl methyl sites for hydroxylation is 1. The molecule has 0 aliphatic carbocycles. The normalized spacial score (nSPS) is 12.2. The molecule has 0 bridgehead atoms. The zero-order chi connectivity index (χ0) is 24.7. The van der Waals surface area contributed by atoms with Gasteiger partial charge >= 0.3 is 6.03 Å². The van der Waals surface area contributed by atoms with Gasteiger partial charge in [-0.15, -0.1) is 0 Å². The van der Waals surface area contributed by atoms with Crippen molar-refractivity contribution in [3.8, 4) is 5.69 Å². The second-order valence-corrected chi connectivity index (χ2v) is 8.87. The zero-order valence-electron chi connectivity index (χ0n) is 21.0. The highest BCUT2D eigenvalue weighted by Gasteiger charge is 2.27. The molecule has 0 saturated heterocycles. The third-order valence-electron chi connectivity index (χ3n) is 6.11. The summed E-state index contributed by atoms with van der Waals surface area (Å²) in [5.41, 5.74) is 2.39. The number of unbranched alkanes of at least 4 members (excludes halogenated alkanes) is 1. The summed E-state index contributed by atoms with van der Waals surface area (Å²) >= 11 is 0. The van der Waals surface area contributed by atoms with E-state index in [9.17, 15) is 9.59 Å². The number of carbonyl (C=O) groups is 1. The van der Waals surface area contributed by atoms with Crippen LogP contribution in [0.4, 0.5) is 4.79 Å². The number of amides is 2. The van der Waals surface area contributed by atoms with Crippen molar-refractivity contribution in [3.63, 3.8) is 0 Å². The van der Waals surface area contributed by atoms with E-state index < -0.39 is 6.04 Å². The van der Waals surface area contributed by atoms with Gasteiger partial charge in [0.2, 0.25) is 0 Å². The maximum absolute atomic E-state index is 13.8. The number of likely N-dealkylation sites (N-methyl/N-ethyl adjacent to an activating group) is 1. The summed E-state index contributed by atoms with van der Waals surface area (Å²) < 4.78 is 1.70. The first kappa shape index (κ1) is 25.4. The molecule has 34 heavy (non-hydrogen) atoms. The summed E-state index contributed by atoms with van der Waals surface area (Å²) in [4.78, 5) is 35.8. The van der Waals surface area contributed by atoms with Crippen molar-refractivity contribution in [1.82, 2.24) is 24.7 Å². The molecule has 2 amide bonds. The summed E-state index contributed by atoms with van der Waals surface area (Å²) in [6.07, 6.45) is 2.71. The minimum Gasteiger partial charge on any atom is -0.338 e. The molecule has 0 spiro atoms. The number of rotatable bonds is 10.